The highest BCUT2D eigenvalue weighted by Gasteiger charge is 2.15. The zero-order valence-corrected chi connectivity index (χ0v) is 8.37. The lowest BCUT2D eigenvalue weighted by atomic mass is 10.0. The van der Waals surface area contributed by atoms with E-state index in [1.54, 1.807) is 5.01 Å². The lowest BCUT2D eigenvalue weighted by Crippen LogP contribution is -2.23. The van der Waals surface area contributed by atoms with E-state index in [1.807, 2.05) is 24.3 Å². The lowest BCUT2D eigenvalue weighted by molar-refractivity contribution is 0.615. The van der Waals surface area contributed by atoms with E-state index in [4.69, 9.17) is 0 Å². The average molecular weight is 210 g/mol. The molecule has 0 saturated carbocycles. The van der Waals surface area contributed by atoms with Crippen LogP contribution in [0.2, 0.25) is 0 Å². The van der Waals surface area contributed by atoms with Crippen molar-refractivity contribution in [2.75, 3.05) is 11.6 Å². The molecule has 0 saturated heterocycles. The van der Waals surface area contributed by atoms with E-state index in [9.17, 15) is 8.42 Å². The summed E-state index contributed by atoms with van der Waals surface area (Å²) in [7, 11) is -2.37. The molecule has 1 aromatic carbocycles. The first kappa shape index (κ1) is 9.21. The van der Waals surface area contributed by atoms with Gasteiger partial charge in [-0.15, -0.1) is 0 Å². The van der Waals surface area contributed by atoms with Gasteiger partial charge >= 0.3 is 10.5 Å². The van der Waals surface area contributed by atoms with Crippen molar-refractivity contribution in [3.63, 3.8) is 0 Å². The van der Waals surface area contributed by atoms with E-state index in [2.05, 4.69) is 4.47 Å². The monoisotopic (exact) mass is 210 g/mol. The van der Waals surface area contributed by atoms with Crippen molar-refractivity contribution in [1.29, 1.82) is 0 Å². The van der Waals surface area contributed by atoms with Crippen molar-refractivity contribution >= 4 is 16.2 Å². The van der Waals surface area contributed by atoms with Crippen molar-refractivity contribution in [3.05, 3.63) is 29.8 Å². The number of rotatable bonds is 1. The number of hydrogen-bond donors (Lipinski definition) is 0. The number of nitrogens with zero attached hydrogens (tertiary/aromatic N) is 2. The molecule has 0 amide bonds. The van der Waals surface area contributed by atoms with Crippen LogP contribution in [0.5, 0.6) is 0 Å². The zero-order chi connectivity index (χ0) is 9.97. The van der Waals surface area contributed by atoms with Crippen LogP contribution >= 0.6 is 0 Å². The Morgan fingerprint density at radius 1 is 1.29 bits per heavy atom. The minimum absolute atomic E-state index is 0.672. The summed E-state index contributed by atoms with van der Waals surface area (Å²) in [4.78, 5) is 0. The Morgan fingerprint density at radius 2 is 2.07 bits per heavy atom. The smallest absolute Gasteiger partial charge is 0.250 e. The summed E-state index contributed by atoms with van der Waals surface area (Å²) in [6.07, 6.45) is 1.94. The van der Waals surface area contributed by atoms with Gasteiger partial charge in [0, 0.05) is 6.54 Å². The van der Waals surface area contributed by atoms with Crippen molar-refractivity contribution in [3.8, 4) is 0 Å². The molecule has 14 heavy (non-hydrogen) atoms. The van der Waals surface area contributed by atoms with Gasteiger partial charge in [-0.2, -0.15) is 8.42 Å². The molecule has 0 N–H and O–H groups in total. The second kappa shape index (κ2) is 3.79. The van der Waals surface area contributed by atoms with E-state index in [-0.39, 0.29) is 0 Å². The molecule has 0 aromatic heterocycles. The summed E-state index contributed by atoms with van der Waals surface area (Å²) in [6.45, 7) is 0.672. The summed E-state index contributed by atoms with van der Waals surface area (Å²) >= 11 is 0. The van der Waals surface area contributed by atoms with E-state index in [0.717, 1.165) is 24.1 Å². The second-order valence-electron chi connectivity index (χ2n) is 3.15. The molecule has 1 aromatic rings. The highest BCUT2D eigenvalue weighted by atomic mass is 32.2. The quantitative estimate of drug-likeness (QED) is 0.704. The number of fused-ring (bicyclic) bond motifs is 1. The minimum atomic E-state index is -2.37. The predicted molar refractivity (Wildman–Crippen MR) is 53.5 cm³/mol. The van der Waals surface area contributed by atoms with Gasteiger partial charge in [-0.3, -0.25) is 5.01 Å². The average Bonchev–Trinajstić information content (AvgIpc) is 2.18. The molecule has 4 nitrogen and oxygen atoms in total. The molecule has 1 aliphatic heterocycles. The van der Waals surface area contributed by atoms with Crippen LogP contribution in [-0.2, 0) is 16.9 Å². The van der Waals surface area contributed by atoms with Crippen molar-refractivity contribution < 1.29 is 8.42 Å². The number of para-hydroxylation sites is 1. The summed E-state index contributed by atoms with van der Waals surface area (Å²) in [6, 6.07) is 7.74. The van der Waals surface area contributed by atoms with Crippen molar-refractivity contribution in [1.82, 2.24) is 0 Å². The Balaban J connectivity index is 2.45. The van der Waals surface area contributed by atoms with E-state index < -0.39 is 10.5 Å². The fourth-order valence-corrected chi connectivity index (χ4v) is 2.01. The molecule has 0 unspecified atom stereocenters. The Hall–Kier alpha value is -1.36. The molecule has 0 radical (unpaired) electrons. The van der Waals surface area contributed by atoms with Gasteiger partial charge in [0.15, 0.2) is 0 Å². The summed E-state index contributed by atoms with van der Waals surface area (Å²) in [5.74, 6) is 0. The Labute approximate surface area is 83.8 Å². The highest BCUT2D eigenvalue weighted by Crippen LogP contribution is 2.26. The molecule has 1 aliphatic rings. The zero-order valence-electron chi connectivity index (χ0n) is 7.55. The van der Waals surface area contributed by atoms with Crippen molar-refractivity contribution in [2.24, 2.45) is 4.47 Å². The third-order valence-corrected chi connectivity index (χ3v) is 2.58. The first-order valence-electron chi connectivity index (χ1n) is 4.44. The predicted octanol–water partition coefficient (Wildman–Crippen LogP) is 1.42. The molecular weight excluding hydrogens is 200 g/mol. The fraction of sp³-hybridized carbons (Fsp3) is 0.333. The second-order valence-corrected chi connectivity index (χ2v) is 3.75. The molecule has 5 heteroatoms. The number of benzene rings is 1. The third kappa shape index (κ3) is 1.77. The van der Waals surface area contributed by atoms with Gasteiger partial charge in [0.05, 0.1) is 5.69 Å². The van der Waals surface area contributed by atoms with E-state index in [0.29, 0.717) is 6.54 Å². The fourth-order valence-electron chi connectivity index (χ4n) is 1.68. The molecule has 1 heterocycles. The molecule has 0 atom stereocenters. The van der Waals surface area contributed by atoms with E-state index >= 15 is 0 Å². The topological polar surface area (TPSA) is 49.7 Å². The molecular formula is C9H10N2O2S. The van der Waals surface area contributed by atoms with Gasteiger partial charge in [0.25, 0.3) is 0 Å². The van der Waals surface area contributed by atoms with E-state index in [1.165, 1.54) is 0 Å². The molecule has 0 aliphatic carbocycles. The van der Waals surface area contributed by atoms with Crippen molar-refractivity contribution in [2.45, 2.75) is 12.8 Å². The Kier molecular flexibility index (Phi) is 2.49. The van der Waals surface area contributed by atoms with Crippen LogP contribution in [0.25, 0.3) is 0 Å². The molecule has 0 fully saturated rings. The molecule has 2 rings (SSSR count). The summed E-state index contributed by atoms with van der Waals surface area (Å²) in [5.41, 5.74) is 2.07. The normalized spacial score (nSPS) is 14.7. The Bertz CT molecular complexity index is 459. The van der Waals surface area contributed by atoms with Gasteiger partial charge in [0.2, 0.25) is 0 Å². The maximum atomic E-state index is 10.5. The standard InChI is InChI=1S/C9H10N2O2S/c12-14(13)10-11-7-3-5-8-4-1-2-6-9(8)11/h1-2,4,6H,3,5,7H2. The third-order valence-electron chi connectivity index (χ3n) is 2.25. The SMILES string of the molecule is O=S(=O)=NN1CCCc2ccccc21. The van der Waals surface area contributed by atoms with Crippen LogP contribution in [0.15, 0.2) is 28.7 Å². The first-order valence-corrected chi connectivity index (χ1v) is 5.47. The van der Waals surface area contributed by atoms with Crippen LogP contribution in [0.3, 0.4) is 0 Å². The van der Waals surface area contributed by atoms with Crippen LogP contribution < -0.4 is 5.01 Å². The minimum Gasteiger partial charge on any atom is -0.250 e. The van der Waals surface area contributed by atoms with Crippen LogP contribution in [-0.4, -0.2) is 15.0 Å². The summed E-state index contributed by atoms with van der Waals surface area (Å²) < 4.78 is 24.5. The van der Waals surface area contributed by atoms with Gasteiger partial charge in [0.1, 0.15) is 0 Å². The number of aryl methyl sites for hydroxylation is 1. The maximum absolute atomic E-state index is 10.5. The van der Waals surface area contributed by atoms with Gasteiger partial charge in [-0.05, 0) is 24.5 Å². The lowest BCUT2D eigenvalue weighted by Gasteiger charge is -2.24. The maximum Gasteiger partial charge on any atom is 0.333 e. The van der Waals surface area contributed by atoms with Crippen LogP contribution in [0.1, 0.15) is 12.0 Å². The largest absolute Gasteiger partial charge is 0.333 e. The molecule has 0 spiro atoms. The van der Waals surface area contributed by atoms with Gasteiger partial charge < -0.3 is 0 Å². The van der Waals surface area contributed by atoms with Crippen LogP contribution in [0, 0.1) is 0 Å². The number of hydrogen-bond acceptors (Lipinski definition) is 3. The highest BCUT2D eigenvalue weighted by molar-refractivity contribution is 7.61. The Morgan fingerprint density at radius 3 is 2.86 bits per heavy atom. The molecule has 74 valence electrons. The first-order chi connectivity index (χ1) is 6.77. The molecule has 0 bridgehead atoms. The van der Waals surface area contributed by atoms with Gasteiger partial charge in [-0.1, -0.05) is 22.7 Å². The number of anilines is 1. The van der Waals surface area contributed by atoms with Crippen LogP contribution in [0.4, 0.5) is 5.69 Å². The summed E-state index contributed by atoms with van der Waals surface area (Å²) in [5, 5.41) is 1.54. The van der Waals surface area contributed by atoms with Gasteiger partial charge in [-0.25, -0.2) is 0 Å².